The highest BCUT2D eigenvalue weighted by atomic mass is 15.6. The minimum atomic E-state index is 0.711. The summed E-state index contributed by atoms with van der Waals surface area (Å²) in [5.74, 6) is 6.35. The van der Waals surface area contributed by atoms with Gasteiger partial charge in [0, 0.05) is 79.2 Å². The third kappa shape index (κ3) is 20.1. The summed E-state index contributed by atoms with van der Waals surface area (Å²) in [5.41, 5.74) is 15.9. The normalized spacial score (nSPS) is 9.96. The first-order chi connectivity index (χ1) is 34.2. The molecule has 0 radical (unpaired) electrons. The fraction of sp³-hybridized carbons (Fsp3) is 0.592. The van der Waals surface area contributed by atoms with Crippen LogP contribution in [0.15, 0.2) is 0 Å². The van der Waals surface area contributed by atoms with Crippen LogP contribution in [0, 0.1) is 138 Å². The molecule has 0 atom stereocenters. The Kier molecular flexibility index (Phi) is 25.9. The molecule has 0 aliphatic rings. The lowest BCUT2D eigenvalue weighted by Crippen LogP contribution is -1.92. The van der Waals surface area contributed by atoms with Gasteiger partial charge in [0.15, 0.2) is 5.82 Å². The fourth-order valence-corrected chi connectivity index (χ4v) is 5.95. The minimum absolute atomic E-state index is 0.711. The van der Waals surface area contributed by atoms with E-state index in [-0.39, 0.29) is 0 Å². The fourth-order valence-electron chi connectivity index (χ4n) is 5.95. The van der Waals surface area contributed by atoms with Gasteiger partial charge in [-0.1, -0.05) is 5.21 Å². The SMILES string of the molecule is Cc1c(C)c(C)n(C)c1C.Cc1nc(C)n(C)c1C.Cc1nc(C)n(C)n1.Cc1nn(C)c(C)c1C.Cc1nn(C)nc1C.Cc1nnc(C)n1C.Cc1nnn(C)c1C.Cc1nnn(C)n1.Cc1nnnn1C. The highest BCUT2D eigenvalue weighted by Gasteiger charge is 2.07. The van der Waals surface area contributed by atoms with Crippen LogP contribution in [0.5, 0.6) is 0 Å². The van der Waals surface area contributed by atoms with Crippen molar-refractivity contribution in [3.8, 4) is 0 Å². The standard InChI is InChI=1S/C9H15N.2C7H12N2.4C5H9N3.2C3H6N4/c1-6-7(2)9(4)10(5)8(6)3;1-5-6(2)9(4)7(3)8-5;1-5-6(2)8-9(4)7(5)3;1-4-6-7-5(2)8(4)3;1-4-6-5(2)8(3)7-4;1-4-5(2)8(3)7-6-4;1-4-5(2)7-8(3)6-4;1-3-4-5-6-7(3)2;1-3-4-6-7(2)5-3/h1-5H3;2*1-4H3;4*1-3H3;2*1-2H3. The van der Waals surface area contributed by atoms with Crippen LogP contribution < -0.4 is 0 Å². The summed E-state index contributed by atoms with van der Waals surface area (Å²) in [6, 6.07) is 0. The van der Waals surface area contributed by atoms with E-state index in [9.17, 15) is 0 Å². The third-order valence-electron chi connectivity index (χ3n) is 12.7. The highest BCUT2D eigenvalue weighted by Crippen LogP contribution is 2.18. The lowest BCUT2D eigenvalue weighted by Gasteiger charge is -1.98. The second-order valence-corrected chi connectivity index (χ2v) is 17.9. The van der Waals surface area contributed by atoms with Crippen molar-refractivity contribution in [3.05, 3.63) is 114 Å². The zero-order chi connectivity index (χ0) is 57.1. The third-order valence-corrected chi connectivity index (χ3v) is 12.7. The summed E-state index contributed by atoms with van der Waals surface area (Å²) in [7, 11) is 17.2. The molecule has 9 aromatic rings. The van der Waals surface area contributed by atoms with Gasteiger partial charge < -0.3 is 13.7 Å². The Labute approximate surface area is 438 Å². The first-order valence-corrected chi connectivity index (χ1v) is 24.0. The van der Waals surface area contributed by atoms with Crippen molar-refractivity contribution in [2.24, 2.45) is 63.4 Å². The monoisotopic (exact) mass is 1030 g/mol. The van der Waals surface area contributed by atoms with E-state index in [0.29, 0.717) is 5.82 Å². The molecule has 25 nitrogen and oxygen atoms in total. The Morgan fingerprint density at radius 3 is 0.905 bits per heavy atom. The Hall–Kier alpha value is -7.60. The Balaban J connectivity index is 0.000000417. The molecule has 0 aliphatic heterocycles. The van der Waals surface area contributed by atoms with Crippen LogP contribution in [0.2, 0.25) is 0 Å². The number of aryl methyl sites for hydroxylation is 18. The second-order valence-electron chi connectivity index (χ2n) is 17.9. The van der Waals surface area contributed by atoms with Gasteiger partial charge in [0.2, 0.25) is 0 Å². The van der Waals surface area contributed by atoms with Gasteiger partial charge in [-0.3, -0.25) is 14.0 Å². The van der Waals surface area contributed by atoms with Crippen LogP contribution in [0.3, 0.4) is 0 Å². The van der Waals surface area contributed by atoms with Crippen molar-refractivity contribution in [2.45, 2.75) is 138 Å². The van der Waals surface area contributed by atoms with Crippen LogP contribution >= 0.6 is 0 Å². The topological polar surface area (TPSA) is 251 Å². The van der Waals surface area contributed by atoms with E-state index in [2.05, 4.69) is 146 Å². The molecule has 0 unspecified atom stereocenters. The van der Waals surface area contributed by atoms with E-state index in [0.717, 1.165) is 69.1 Å². The van der Waals surface area contributed by atoms with E-state index in [1.165, 1.54) is 44.3 Å². The first kappa shape index (κ1) is 64.4. The molecule has 74 heavy (non-hydrogen) atoms. The van der Waals surface area contributed by atoms with Gasteiger partial charge in [-0.15, -0.1) is 30.6 Å². The van der Waals surface area contributed by atoms with E-state index in [4.69, 9.17) is 0 Å². The van der Waals surface area contributed by atoms with E-state index < -0.39 is 0 Å². The summed E-state index contributed by atoms with van der Waals surface area (Å²) >= 11 is 0. The van der Waals surface area contributed by atoms with Gasteiger partial charge in [0.05, 0.1) is 41.2 Å². The Bertz CT molecular complexity index is 2700. The van der Waals surface area contributed by atoms with Gasteiger partial charge in [-0.2, -0.15) is 30.0 Å². The molecule has 0 aromatic carbocycles. The molecule has 0 spiro atoms. The largest absolute Gasteiger partial charge is 0.352 e. The summed E-state index contributed by atoms with van der Waals surface area (Å²) in [4.78, 5) is 11.3. The van der Waals surface area contributed by atoms with E-state index >= 15 is 0 Å². The molecule has 0 bridgehead atoms. The number of rotatable bonds is 0. The number of nitrogens with zero attached hydrogens (tertiary/aromatic N) is 25. The van der Waals surface area contributed by atoms with Gasteiger partial charge in [0.1, 0.15) is 34.9 Å². The molecule has 25 heteroatoms. The van der Waals surface area contributed by atoms with Crippen molar-refractivity contribution in [1.82, 2.24) is 124 Å². The molecule has 0 saturated carbocycles. The average molecular weight is 1030 g/mol. The van der Waals surface area contributed by atoms with Crippen molar-refractivity contribution in [3.63, 3.8) is 0 Å². The smallest absolute Gasteiger partial charge is 0.171 e. The Morgan fingerprint density at radius 2 is 0.784 bits per heavy atom. The van der Waals surface area contributed by atoms with Gasteiger partial charge in [0.25, 0.3) is 0 Å². The summed E-state index contributed by atoms with van der Waals surface area (Å²) in [6.07, 6.45) is 0. The van der Waals surface area contributed by atoms with E-state index in [1.54, 1.807) is 39.9 Å². The van der Waals surface area contributed by atoms with Crippen LogP contribution in [-0.4, -0.2) is 124 Å². The van der Waals surface area contributed by atoms with Gasteiger partial charge in [-0.05, 0) is 171 Å². The molecule has 0 saturated heterocycles. The summed E-state index contributed by atoms with van der Waals surface area (Å²) < 4.78 is 13.3. The minimum Gasteiger partial charge on any atom is -0.352 e. The van der Waals surface area contributed by atoms with Crippen LogP contribution in [0.4, 0.5) is 0 Å². The molecule has 9 aromatic heterocycles. The van der Waals surface area contributed by atoms with Crippen molar-refractivity contribution in [2.75, 3.05) is 0 Å². The van der Waals surface area contributed by atoms with E-state index in [1.807, 2.05) is 135 Å². The number of imidazole rings is 1. The van der Waals surface area contributed by atoms with Crippen molar-refractivity contribution in [1.29, 1.82) is 0 Å². The lowest BCUT2D eigenvalue weighted by atomic mass is 10.2. The number of hydrogen-bond donors (Lipinski definition) is 0. The average Bonchev–Trinajstić information content (AvgIpc) is 4.25. The second kappa shape index (κ2) is 29.8. The molecule has 9 rings (SSSR count). The Morgan fingerprint density at radius 1 is 0.257 bits per heavy atom. The first-order valence-electron chi connectivity index (χ1n) is 24.0. The predicted octanol–water partition coefficient (Wildman–Crippen LogP) is 5.71. The van der Waals surface area contributed by atoms with Gasteiger partial charge in [-0.25, -0.2) is 14.6 Å². The van der Waals surface area contributed by atoms with Crippen LogP contribution in [-0.2, 0) is 63.4 Å². The maximum absolute atomic E-state index is 4.27. The molecule has 9 heterocycles. The lowest BCUT2D eigenvalue weighted by molar-refractivity contribution is 0.629. The summed E-state index contributed by atoms with van der Waals surface area (Å²) in [6.45, 7) is 40.2. The maximum atomic E-state index is 4.27. The molecule has 0 amide bonds. The molecule has 0 fully saturated rings. The van der Waals surface area contributed by atoms with Crippen LogP contribution in [0.25, 0.3) is 0 Å². The number of hydrogen-bond acceptors (Lipinski definition) is 16. The maximum Gasteiger partial charge on any atom is 0.171 e. The molecule has 408 valence electrons. The number of aromatic nitrogens is 25. The predicted molar refractivity (Wildman–Crippen MR) is 288 cm³/mol. The zero-order valence-corrected chi connectivity index (χ0v) is 50.2. The molecular weight excluding hydrogens is 939 g/mol. The summed E-state index contributed by atoms with van der Waals surface area (Å²) in [5, 5.41) is 53.1. The molecular formula is C49H87N25. The van der Waals surface area contributed by atoms with Crippen LogP contribution in [0.1, 0.15) is 114 Å². The molecule has 0 aliphatic carbocycles. The van der Waals surface area contributed by atoms with Gasteiger partial charge >= 0.3 is 0 Å². The molecule has 0 N–H and O–H groups in total. The number of tetrazole rings is 2. The zero-order valence-electron chi connectivity index (χ0n) is 50.2. The quantitative estimate of drug-likeness (QED) is 0.176. The highest BCUT2D eigenvalue weighted by molar-refractivity contribution is 5.34. The van der Waals surface area contributed by atoms with Crippen molar-refractivity contribution < 1.29 is 0 Å². The van der Waals surface area contributed by atoms with Crippen molar-refractivity contribution >= 4 is 0 Å².